The Bertz CT molecular complexity index is 1150. The summed E-state index contributed by atoms with van der Waals surface area (Å²) in [4.78, 5) is 14.5. The summed E-state index contributed by atoms with van der Waals surface area (Å²) in [5.41, 5.74) is 4.34. The lowest BCUT2D eigenvalue weighted by molar-refractivity contribution is 0.360. The molecule has 1 N–H and O–H groups in total. The highest BCUT2D eigenvalue weighted by molar-refractivity contribution is 6.10. The van der Waals surface area contributed by atoms with E-state index < -0.39 is 0 Å². The van der Waals surface area contributed by atoms with Gasteiger partial charge in [0, 0.05) is 26.7 Å². The van der Waals surface area contributed by atoms with Crippen LogP contribution in [0.4, 0.5) is 11.6 Å². The highest BCUT2D eigenvalue weighted by Crippen LogP contribution is 2.49. The van der Waals surface area contributed by atoms with Gasteiger partial charge in [-0.05, 0) is 63.4 Å². The first-order valence-electron chi connectivity index (χ1n) is 12.4. The number of aromatic nitrogens is 3. The molecular formula is C25H33N7O2. The Hall–Kier alpha value is -2.91. The number of amidine groups is 1. The van der Waals surface area contributed by atoms with Crippen LogP contribution in [-0.2, 0) is 11.8 Å². The van der Waals surface area contributed by atoms with Gasteiger partial charge in [0.2, 0.25) is 5.88 Å². The number of nitrogens with zero attached hydrogens (tertiary/aromatic N) is 6. The van der Waals surface area contributed by atoms with Crippen molar-refractivity contribution in [1.29, 1.82) is 0 Å². The third-order valence-electron chi connectivity index (χ3n) is 7.26. The number of aliphatic imine (C=N–C) groups is 1. The van der Waals surface area contributed by atoms with Crippen molar-refractivity contribution < 1.29 is 9.47 Å². The van der Waals surface area contributed by atoms with Gasteiger partial charge in [0.25, 0.3) is 0 Å². The highest BCUT2D eigenvalue weighted by atomic mass is 16.6. The summed E-state index contributed by atoms with van der Waals surface area (Å²) in [7, 11) is 5.82. The Balaban J connectivity index is 1.32. The zero-order valence-corrected chi connectivity index (χ0v) is 20.3. The molecule has 0 amide bonds. The minimum Gasteiger partial charge on any atom is -0.480 e. The third-order valence-corrected chi connectivity index (χ3v) is 7.26. The quantitative estimate of drug-likeness (QED) is 0.697. The Labute approximate surface area is 200 Å². The first-order chi connectivity index (χ1) is 16.6. The Morgan fingerprint density at radius 2 is 2.00 bits per heavy atom. The van der Waals surface area contributed by atoms with Crippen LogP contribution in [0.25, 0.3) is 5.57 Å². The van der Waals surface area contributed by atoms with Crippen LogP contribution in [0.2, 0.25) is 0 Å². The van der Waals surface area contributed by atoms with Crippen LogP contribution in [0, 0.1) is 0 Å². The van der Waals surface area contributed by atoms with Gasteiger partial charge in [-0.1, -0.05) is 6.08 Å². The molecule has 34 heavy (non-hydrogen) atoms. The fourth-order valence-corrected chi connectivity index (χ4v) is 5.29. The van der Waals surface area contributed by atoms with E-state index in [9.17, 15) is 0 Å². The van der Waals surface area contributed by atoms with E-state index in [2.05, 4.69) is 40.4 Å². The fourth-order valence-electron chi connectivity index (χ4n) is 5.29. The number of nitrogens with one attached hydrogen (secondary N) is 1. The maximum absolute atomic E-state index is 6.02. The molecule has 2 fully saturated rings. The maximum atomic E-state index is 6.02. The van der Waals surface area contributed by atoms with E-state index in [0.29, 0.717) is 11.7 Å². The van der Waals surface area contributed by atoms with Crippen LogP contribution in [-0.4, -0.2) is 72.1 Å². The Kier molecular flexibility index (Phi) is 5.53. The molecule has 0 radical (unpaired) electrons. The molecule has 2 saturated heterocycles. The number of allylic oxidation sites excluding steroid dienone is 2. The van der Waals surface area contributed by atoms with Crippen molar-refractivity contribution in [2.45, 2.75) is 44.4 Å². The second kappa shape index (κ2) is 8.70. The number of hydrogen-bond donors (Lipinski definition) is 1. The van der Waals surface area contributed by atoms with Gasteiger partial charge in [-0.15, -0.1) is 0 Å². The fraction of sp³-hybridized carbons (Fsp3) is 0.560. The lowest BCUT2D eigenvalue weighted by atomic mass is 9.94. The standard InChI is InChI=1S/C25H33N7O2/c1-30-12-7-13-32(15-14-30)18-11-10-17(24(26-18)33-3)22-27-23-19(21-25(28-22)34-21)20(29-31(23)2)16-8-5-4-6-9-16/h8,10-11,21,25H,4-7,9,12-15H2,1-3H3,(H,27,28). The second-order valence-electron chi connectivity index (χ2n) is 9.63. The molecule has 0 aromatic carbocycles. The van der Waals surface area contributed by atoms with Gasteiger partial charge in [-0.3, -0.25) is 4.68 Å². The van der Waals surface area contributed by atoms with Gasteiger partial charge in [0.1, 0.15) is 23.6 Å². The predicted octanol–water partition coefficient (Wildman–Crippen LogP) is 3.19. The molecule has 3 aliphatic heterocycles. The number of anilines is 2. The lowest BCUT2D eigenvalue weighted by Crippen LogP contribution is -2.29. The summed E-state index contributed by atoms with van der Waals surface area (Å²) in [6, 6.07) is 4.14. The number of epoxide rings is 1. The van der Waals surface area contributed by atoms with Gasteiger partial charge in [-0.25, -0.2) is 4.99 Å². The lowest BCUT2D eigenvalue weighted by Gasteiger charge is -2.23. The van der Waals surface area contributed by atoms with E-state index in [1.54, 1.807) is 7.11 Å². The van der Waals surface area contributed by atoms with Gasteiger partial charge >= 0.3 is 0 Å². The molecule has 0 saturated carbocycles. The SMILES string of the molecule is COc1nc(N2CCCN(C)CC2)ccc1C1=NC2OC2c2c(C3=CCCCC3)nn(C)c2N1. The summed E-state index contributed by atoms with van der Waals surface area (Å²) in [5, 5.41) is 8.45. The third kappa shape index (κ3) is 3.86. The van der Waals surface area contributed by atoms with E-state index in [-0.39, 0.29) is 12.3 Å². The van der Waals surface area contributed by atoms with Crippen LogP contribution in [0.1, 0.15) is 55.0 Å². The number of aryl methyl sites for hydroxylation is 1. The molecule has 180 valence electrons. The van der Waals surface area contributed by atoms with E-state index >= 15 is 0 Å². The van der Waals surface area contributed by atoms with Crippen LogP contribution in [0.5, 0.6) is 5.88 Å². The minimum atomic E-state index is -0.207. The number of hydrogen-bond acceptors (Lipinski definition) is 8. The molecule has 2 atom stereocenters. The topological polar surface area (TPSA) is 83.3 Å². The molecular weight excluding hydrogens is 430 g/mol. The van der Waals surface area contributed by atoms with Crippen LogP contribution < -0.4 is 15.0 Å². The van der Waals surface area contributed by atoms with Crippen LogP contribution in [0.15, 0.2) is 23.2 Å². The van der Waals surface area contributed by atoms with E-state index in [4.69, 9.17) is 24.5 Å². The van der Waals surface area contributed by atoms with Gasteiger partial charge in [0.15, 0.2) is 6.23 Å². The normalized spacial score (nSPS) is 24.7. The van der Waals surface area contributed by atoms with Gasteiger partial charge < -0.3 is 24.6 Å². The first kappa shape index (κ1) is 21.6. The first-order valence-corrected chi connectivity index (χ1v) is 12.4. The van der Waals surface area contributed by atoms with Crippen molar-refractivity contribution in [3.05, 3.63) is 35.0 Å². The van der Waals surface area contributed by atoms with Gasteiger partial charge in [-0.2, -0.15) is 10.1 Å². The predicted molar refractivity (Wildman–Crippen MR) is 133 cm³/mol. The minimum absolute atomic E-state index is 0.0566. The van der Waals surface area contributed by atoms with E-state index in [1.807, 2.05) is 11.7 Å². The largest absolute Gasteiger partial charge is 0.480 e. The van der Waals surface area contributed by atoms with E-state index in [0.717, 1.165) is 73.9 Å². The summed E-state index contributed by atoms with van der Waals surface area (Å²) in [6.45, 7) is 4.09. The number of rotatable bonds is 4. The molecule has 5 heterocycles. The average Bonchev–Trinajstić information content (AvgIpc) is 3.61. The van der Waals surface area contributed by atoms with Crippen molar-refractivity contribution >= 4 is 23.0 Å². The van der Waals surface area contributed by atoms with Crippen molar-refractivity contribution in [2.75, 3.05) is 50.6 Å². The number of methoxy groups -OCH3 is 1. The number of likely N-dealkylation sites (N-methyl/N-ethyl adjacent to an activating group) is 1. The average molecular weight is 464 g/mol. The smallest absolute Gasteiger partial charge is 0.226 e. The number of ether oxygens (including phenoxy) is 2. The Morgan fingerprint density at radius 1 is 1.09 bits per heavy atom. The van der Waals surface area contributed by atoms with Gasteiger partial charge in [0.05, 0.1) is 23.9 Å². The maximum Gasteiger partial charge on any atom is 0.226 e. The van der Waals surface area contributed by atoms with Crippen molar-refractivity contribution in [3.8, 4) is 5.88 Å². The monoisotopic (exact) mass is 463 g/mol. The molecule has 9 nitrogen and oxygen atoms in total. The van der Waals surface area contributed by atoms with E-state index in [1.165, 1.54) is 18.4 Å². The van der Waals surface area contributed by atoms with Crippen molar-refractivity contribution in [3.63, 3.8) is 0 Å². The molecule has 0 spiro atoms. The van der Waals surface area contributed by atoms with Crippen molar-refractivity contribution in [2.24, 2.45) is 12.0 Å². The van der Waals surface area contributed by atoms with Crippen LogP contribution >= 0.6 is 0 Å². The summed E-state index contributed by atoms with van der Waals surface area (Å²) >= 11 is 0. The summed E-state index contributed by atoms with van der Waals surface area (Å²) in [5.74, 6) is 3.16. The number of pyridine rings is 1. The second-order valence-corrected chi connectivity index (χ2v) is 9.63. The molecule has 2 unspecified atom stereocenters. The molecule has 4 aliphatic rings. The molecule has 1 aliphatic carbocycles. The molecule has 0 bridgehead atoms. The zero-order chi connectivity index (χ0) is 23.2. The molecule has 2 aromatic rings. The molecule has 2 aromatic heterocycles. The summed E-state index contributed by atoms with van der Waals surface area (Å²) < 4.78 is 13.7. The molecule has 6 rings (SSSR count). The van der Waals surface area contributed by atoms with Crippen molar-refractivity contribution in [1.82, 2.24) is 19.7 Å². The summed E-state index contributed by atoms with van der Waals surface area (Å²) in [6.07, 6.45) is 7.85. The molecule has 9 heteroatoms. The number of fused-ring (bicyclic) bond motifs is 3. The zero-order valence-electron chi connectivity index (χ0n) is 20.3. The highest BCUT2D eigenvalue weighted by Gasteiger charge is 2.48. The Morgan fingerprint density at radius 3 is 2.82 bits per heavy atom. The van der Waals surface area contributed by atoms with Crippen LogP contribution in [0.3, 0.4) is 0 Å².